The summed E-state index contributed by atoms with van der Waals surface area (Å²) in [5.74, 6) is -0.632. The molecule has 3 amide bonds. The summed E-state index contributed by atoms with van der Waals surface area (Å²) >= 11 is 1.53. The maximum Gasteiger partial charge on any atom is 0.273 e. The lowest BCUT2D eigenvalue weighted by Gasteiger charge is -2.34. The molecule has 0 aromatic heterocycles. The van der Waals surface area contributed by atoms with Gasteiger partial charge in [-0.15, -0.1) is 11.8 Å². The number of benzene rings is 2. The number of ether oxygens (including phenoxy) is 2. The van der Waals surface area contributed by atoms with Gasteiger partial charge in [-0.05, 0) is 86.1 Å². The molecule has 1 aliphatic carbocycles. The molecule has 4 rings (SSSR count). The number of thioether (sulfide) groups is 1. The number of hydrogen-bond acceptors (Lipinski definition) is 9. The first-order valence-electron chi connectivity index (χ1n) is 13.3. The highest BCUT2D eigenvalue weighted by Crippen LogP contribution is 2.50. The highest BCUT2D eigenvalue weighted by molar-refractivity contribution is 7.98. The lowest BCUT2D eigenvalue weighted by atomic mass is 9.98. The fourth-order valence-electron chi connectivity index (χ4n) is 5.28. The van der Waals surface area contributed by atoms with Gasteiger partial charge in [0.15, 0.2) is 14.6 Å². The molecule has 2 fully saturated rings. The normalized spacial score (nSPS) is 19.6. The SMILES string of the molecule is COc1cc(SC)ccc1C(=O)NNC(=O)CCCC1CC1c1ccc(S(=O)(=O)C2(C(=O)NO)CCOCC2)cc1. The fourth-order valence-corrected chi connectivity index (χ4v) is 7.65. The first-order chi connectivity index (χ1) is 19.7. The van der Waals surface area contributed by atoms with Crippen LogP contribution in [0.1, 0.15) is 60.4 Å². The van der Waals surface area contributed by atoms with Crippen LogP contribution in [0.15, 0.2) is 52.3 Å². The molecule has 222 valence electrons. The smallest absolute Gasteiger partial charge is 0.273 e. The summed E-state index contributed by atoms with van der Waals surface area (Å²) in [6.45, 7) is 0.222. The van der Waals surface area contributed by atoms with E-state index < -0.39 is 26.4 Å². The minimum atomic E-state index is -4.07. The Morgan fingerprint density at radius 1 is 1.10 bits per heavy atom. The van der Waals surface area contributed by atoms with E-state index in [0.29, 0.717) is 23.7 Å². The van der Waals surface area contributed by atoms with E-state index in [1.54, 1.807) is 30.3 Å². The van der Waals surface area contributed by atoms with Crippen molar-refractivity contribution >= 4 is 39.3 Å². The first kappa shape index (κ1) is 30.8. The molecule has 41 heavy (non-hydrogen) atoms. The minimum absolute atomic E-state index is 0.0282. The number of amides is 3. The molecule has 1 heterocycles. The molecular weight excluding hydrogens is 570 g/mol. The van der Waals surface area contributed by atoms with Crippen molar-refractivity contribution in [3.63, 3.8) is 0 Å². The van der Waals surface area contributed by atoms with Gasteiger partial charge in [0.1, 0.15) is 5.75 Å². The highest BCUT2D eigenvalue weighted by atomic mass is 32.2. The number of carbonyl (C=O) groups excluding carboxylic acids is 3. The molecule has 2 aliphatic rings. The first-order valence-corrected chi connectivity index (χ1v) is 16.1. The van der Waals surface area contributed by atoms with Gasteiger partial charge in [0.05, 0.1) is 17.6 Å². The molecule has 1 aliphatic heterocycles. The van der Waals surface area contributed by atoms with Crippen molar-refractivity contribution < 1.29 is 37.5 Å². The van der Waals surface area contributed by atoms with Crippen LogP contribution in [-0.4, -0.2) is 62.7 Å². The second-order valence-electron chi connectivity index (χ2n) is 10.2. The maximum absolute atomic E-state index is 13.4. The summed E-state index contributed by atoms with van der Waals surface area (Å²) in [5.41, 5.74) is 7.73. The summed E-state index contributed by atoms with van der Waals surface area (Å²) in [5, 5.41) is 9.21. The lowest BCUT2D eigenvalue weighted by Crippen LogP contribution is -2.54. The molecule has 11 nitrogen and oxygen atoms in total. The fraction of sp³-hybridized carbons (Fsp3) is 0.464. The van der Waals surface area contributed by atoms with Gasteiger partial charge in [0, 0.05) is 24.5 Å². The third-order valence-corrected chi connectivity index (χ3v) is 11.1. The Balaban J connectivity index is 1.25. The third kappa shape index (κ3) is 6.69. The highest BCUT2D eigenvalue weighted by Gasteiger charge is 2.52. The second kappa shape index (κ2) is 13.2. The van der Waals surface area contributed by atoms with Crippen molar-refractivity contribution in [3.8, 4) is 5.75 Å². The van der Waals surface area contributed by atoms with Crippen LogP contribution in [0.5, 0.6) is 5.75 Å². The number of sulfone groups is 1. The van der Waals surface area contributed by atoms with Gasteiger partial charge in [0.25, 0.3) is 11.8 Å². The number of rotatable bonds is 11. The van der Waals surface area contributed by atoms with Crippen LogP contribution in [0.3, 0.4) is 0 Å². The Labute approximate surface area is 243 Å². The topological polar surface area (TPSA) is 160 Å². The number of hydroxylamine groups is 1. The van der Waals surface area contributed by atoms with Gasteiger partial charge < -0.3 is 9.47 Å². The van der Waals surface area contributed by atoms with Crippen LogP contribution in [0, 0.1) is 5.92 Å². The molecular formula is C28H35N3O8S2. The van der Waals surface area contributed by atoms with E-state index >= 15 is 0 Å². The van der Waals surface area contributed by atoms with Gasteiger partial charge in [-0.25, -0.2) is 13.9 Å². The quantitative estimate of drug-likeness (QED) is 0.172. The summed E-state index contributed by atoms with van der Waals surface area (Å²) in [7, 11) is -2.58. The molecule has 0 spiro atoms. The van der Waals surface area contributed by atoms with E-state index in [0.717, 1.165) is 23.3 Å². The number of nitrogens with one attached hydrogen (secondary N) is 3. The van der Waals surface area contributed by atoms with Crippen LogP contribution >= 0.6 is 11.8 Å². The Kier molecular flexibility index (Phi) is 9.95. The molecule has 2 aromatic rings. The van der Waals surface area contributed by atoms with E-state index in [4.69, 9.17) is 9.47 Å². The summed E-state index contributed by atoms with van der Waals surface area (Å²) < 4.78 is 35.6. The number of methoxy groups -OCH3 is 1. The second-order valence-corrected chi connectivity index (χ2v) is 13.3. The Bertz CT molecular complexity index is 1380. The van der Waals surface area contributed by atoms with E-state index in [1.807, 2.05) is 6.26 Å². The Hall–Kier alpha value is -3.13. The lowest BCUT2D eigenvalue weighted by molar-refractivity contribution is -0.134. The number of hydrazine groups is 1. The molecule has 0 radical (unpaired) electrons. The zero-order valence-corrected chi connectivity index (χ0v) is 24.6. The van der Waals surface area contributed by atoms with Crippen molar-refractivity contribution in [2.75, 3.05) is 26.6 Å². The predicted octanol–water partition coefficient (Wildman–Crippen LogP) is 2.98. The van der Waals surface area contributed by atoms with Crippen molar-refractivity contribution in [2.45, 2.75) is 59.0 Å². The number of carbonyl (C=O) groups is 3. The molecule has 4 N–H and O–H groups in total. The third-order valence-electron chi connectivity index (χ3n) is 7.82. The molecule has 1 saturated heterocycles. The van der Waals surface area contributed by atoms with E-state index in [2.05, 4.69) is 10.9 Å². The molecule has 2 atom stereocenters. The molecule has 2 aromatic carbocycles. The van der Waals surface area contributed by atoms with E-state index in [1.165, 1.54) is 36.5 Å². The zero-order chi connectivity index (χ0) is 29.6. The van der Waals surface area contributed by atoms with Crippen LogP contribution in [-0.2, 0) is 24.2 Å². The van der Waals surface area contributed by atoms with Gasteiger partial charge in [-0.1, -0.05) is 12.1 Å². The minimum Gasteiger partial charge on any atom is -0.496 e. The van der Waals surface area contributed by atoms with Crippen molar-refractivity contribution in [2.24, 2.45) is 5.92 Å². The standard InChI is InChI=1S/C28H35N3O8S2/c1-38-24-17-20(40-2)8-11-22(24)26(33)30-29-25(32)5-3-4-19-16-23(19)18-6-9-21(10-7-18)41(36,37)28(27(34)31-35)12-14-39-15-13-28/h6-11,17,19,23,35H,3-5,12-16H2,1-2H3,(H,29,32)(H,30,33)(H,31,34). The Morgan fingerprint density at radius 2 is 1.80 bits per heavy atom. The molecule has 0 bridgehead atoms. The van der Waals surface area contributed by atoms with Gasteiger partial charge >= 0.3 is 0 Å². The van der Waals surface area contributed by atoms with Crippen molar-refractivity contribution in [3.05, 3.63) is 53.6 Å². The molecule has 1 saturated carbocycles. The summed E-state index contributed by atoms with van der Waals surface area (Å²) in [4.78, 5) is 38.2. The van der Waals surface area contributed by atoms with Crippen molar-refractivity contribution in [1.29, 1.82) is 0 Å². The van der Waals surface area contributed by atoms with E-state index in [-0.39, 0.29) is 49.2 Å². The predicted molar refractivity (Wildman–Crippen MR) is 151 cm³/mol. The average molecular weight is 606 g/mol. The zero-order valence-electron chi connectivity index (χ0n) is 23.0. The van der Waals surface area contributed by atoms with Gasteiger partial charge in [-0.2, -0.15) is 0 Å². The van der Waals surface area contributed by atoms with E-state index in [9.17, 15) is 28.0 Å². The van der Waals surface area contributed by atoms with Crippen LogP contribution in [0.25, 0.3) is 0 Å². The van der Waals surface area contributed by atoms with Crippen LogP contribution < -0.4 is 21.1 Å². The van der Waals surface area contributed by atoms with Gasteiger partial charge in [-0.3, -0.25) is 30.4 Å². The average Bonchev–Trinajstić information content (AvgIpc) is 3.78. The molecule has 2 unspecified atom stereocenters. The Morgan fingerprint density at radius 3 is 2.44 bits per heavy atom. The van der Waals surface area contributed by atoms with Crippen LogP contribution in [0.2, 0.25) is 0 Å². The van der Waals surface area contributed by atoms with Crippen LogP contribution in [0.4, 0.5) is 0 Å². The van der Waals surface area contributed by atoms with Crippen molar-refractivity contribution in [1.82, 2.24) is 16.3 Å². The molecule has 13 heteroatoms. The summed E-state index contributed by atoms with van der Waals surface area (Å²) in [6, 6.07) is 11.8. The largest absolute Gasteiger partial charge is 0.496 e. The summed E-state index contributed by atoms with van der Waals surface area (Å²) in [6.07, 6.45) is 4.49. The maximum atomic E-state index is 13.4. The van der Waals surface area contributed by atoms with Gasteiger partial charge in [0.2, 0.25) is 5.91 Å². The number of hydrogen-bond donors (Lipinski definition) is 4. The monoisotopic (exact) mass is 605 g/mol.